The number of non-ortho nitro benzene ring substituents is 1. The lowest BCUT2D eigenvalue weighted by Crippen LogP contribution is -2.10. The second kappa shape index (κ2) is 8.41. The van der Waals surface area contributed by atoms with Crippen LogP contribution in [0.15, 0.2) is 23.3 Å². The van der Waals surface area contributed by atoms with Crippen molar-refractivity contribution in [2.24, 2.45) is 11.0 Å². The molecule has 124 valence electrons. The molecule has 0 spiro atoms. The Balaban J connectivity index is 2.77. The summed E-state index contributed by atoms with van der Waals surface area (Å²) in [5.74, 6) is -0.605. The molecule has 1 aromatic carbocycles. The highest BCUT2D eigenvalue weighted by Crippen LogP contribution is 2.28. The molecule has 0 bridgehead atoms. The molecule has 10 heteroatoms. The second-order valence-corrected chi connectivity index (χ2v) is 4.59. The lowest BCUT2D eigenvalue weighted by molar-refractivity contribution is -0.393. The number of carbonyl (C=O) groups is 1. The van der Waals surface area contributed by atoms with Crippen LogP contribution in [0.4, 0.5) is 17.1 Å². The first-order valence-corrected chi connectivity index (χ1v) is 6.72. The zero-order chi connectivity index (χ0) is 17.4. The van der Waals surface area contributed by atoms with Crippen molar-refractivity contribution in [1.29, 1.82) is 0 Å². The number of nitrogens with one attached hydrogen (secondary N) is 1. The van der Waals surface area contributed by atoms with Gasteiger partial charge in [-0.3, -0.25) is 30.4 Å². The number of hydrazone groups is 1. The van der Waals surface area contributed by atoms with Crippen molar-refractivity contribution < 1.29 is 19.4 Å². The largest absolute Gasteiger partial charge is 0.466 e. The van der Waals surface area contributed by atoms with E-state index in [1.165, 1.54) is 12.3 Å². The highest BCUT2D eigenvalue weighted by molar-refractivity contribution is 5.75. The normalized spacial score (nSPS) is 11.9. The van der Waals surface area contributed by atoms with Crippen molar-refractivity contribution in [3.05, 3.63) is 38.4 Å². The number of benzene rings is 1. The summed E-state index contributed by atoms with van der Waals surface area (Å²) in [4.78, 5) is 31.4. The average molecular weight is 324 g/mol. The SMILES string of the molecule is CCOC(=O)CC(C)C=NNc1ccc([N+](=O)[O-])cc1[N+](=O)[O-]. The lowest BCUT2D eigenvalue weighted by atomic mass is 10.1. The molecule has 0 saturated carbocycles. The van der Waals surface area contributed by atoms with Gasteiger partial charge in [-0.05, 0) is 13.0 Å². The number of hydrogen-bond donors (Lipinski definition) is 1. The molecule has 10 nitrogen and oxygen atoms in total. The number of ether oxygens (including phenoxy) is 1. The number of rotatable bonds is 8. The number of nitro groups is 2. The topological polar surface area (TPSA) is 137 Å². The molecule has 1 aromatic rings. The number of hydrogen-bond acceptors (Lipinski definition) is 8. The third kappa shape index (κ3) is 5.69. The van der Waals surface area contributed by atoms with Crippen LogP contribution in [0.2, 0.25) is 0 Å². The van der Waals surface area contributed by atoms with Gasteiger partial charge in [0.15, 0.2) is 0 Å². The Morgan fingerprint density at radius 2 is 2.09 bits per heavy atom. The van der Waals surface area contributed by atoms with E-state index in [2.05, 4.69) is 10.5 Å². The van der Waals surface area contributed by atoms with Gasteiger partial charge in [0.05, 0.1) is 28.9 Å². The monoisotopic (exact) mass is 324 g/mol. The first kappa shape index (κ1) is 18.0. The average Bonchev–Trinajstić information content (AvgIpc) is 2.47. The van der Waals surface area contributed by atoms with Crippen LogP contribution in [0.5, 0.6) is 0 Å². The number of anilines is 1. The van der Waals surface area contributed by atoms with E-state index >= 15 is 0 Å². The van der Waals surface area contributed by atoms with Gasteiger partial charge in [-0.1, -0.05) is 6.92 Å². The van der Waals surface area contributed by atoms with Crippen LogP contribution < -0.4 is 5.43 Å². The molecule has 1 rings (SSSR count). The third-order valence-electron chi connectivity index (χ3n) is 2.70. The van der Waals surface area contributed by atoms with Crippen LogP contribution in [0, 0.1) is 26.1 Å². The van der Waals surface area contributed by atoms with Gasteiger partial charge in [0, 0.05) is 18.2 Å². The summed E-state index contributed by atoms with van der Waals surface area (Å²) in [5.41, 5.74) is 1.61. The van der Waals surface area contributed by atoms with Crippen molar-refractivity contribution in [3.8, 4) is 0 Å². The van der Waals surface area contributed by atoms with Crippen LogP contribution in [0.3, 0.4) is 0 Å². The molecule has 0 heterocycles. The molecular weight excluding hydrogens is 308 g/mol. The summed E-state index contributed by atoms with van der Waals surface area (Å²) in [6, 6.07) is 3.18. The molecule has 0 fully saturated rings. The van der Waals surface area contributed by atoms with Crippen LogP contribution in [-0.4, -0.2) is 28.6 Å². The van der Waals surface area contributed by atoms with Crippen molar-refractivity contribution in [3.63, 3.8) is 0 Å². The Hall–Kier alpha value is -3.04. The fraction of sp³-hybridized carbons (Fsp3) is 0.385. The van der Waals surface area contributed by atoms with Gasteiger partial charge < -0.3 is 4.74 Å². The summed E-state index contributed by atoms with van der Waals surface area (Å²) in [5, 5.41) is 25.4. The third-order valence-corrected chi connectivity index (χ3v) is 2.70. The molecule has 0 aliphatic rings. The summed E-state index contributed by atoms with van der Waals surface area (Å²) in [6.45, 7) is 3.72. The molecule has 0 amide bonds. The fourth-order valence-electron chi connectivity index (χ4n) is 1.65. The van der Waals surface area contributed by atoms with Gasteiger partial charge in [-0.15, -0.1) is 0 Å². The van der Waals surface area contributed by atoms with Crippen LogP contribution in [-0.2, 0) is 9.53 Å². The maximum absolute atomic E-state index is 11.3. The minimum Gasteiger partial charge on any atom is -0.466 e. The van der Waals surface area contributed by atoms with Gasteiger partial charge in [0.2, 0.25) is 0 Å². The van der Waals surface area contributed by atoms with Crippen molar-refractivity contribution in [1.82, 2.24) is 0 Å². The van der Waals surface area contributed by atoms with E-state index in [4.69, 9.17) is 4.74 Å². The predicted octanol–water partition coefficient (Wildman–Crippen LogP) is 2.49. The van der Waals surface area contributed by atoms with Gasteiger partial charge in [0.25, 0.3) is 5.69 Å². The molecule has 0 aromatic heterocycles. The Labute approximate surface area is 131 Å². The highest BCUT2D eigenvalue weighted by atomic mass is 16.6. The molecule has 1 N–H and O–H groups in total. The minimum atomic E-state index is -0.743. The zero-order valence-corrected chi connectivity index (χ0v) is 12.6. The Morgan fingerprint density at radius 3 is 2.65 bits per heavy atom. The van der Waals surface area contributed by atoms with E-state index in [1.807, 2.05) is 0 Å². The van der Waals surface area contributed by atoms with Gasteiger partial charge >= 0.3 is 11.7 Å². The number of esters is 1. The van der Waals surface area contributed by atoms with Crippen LogP contribution >= 0.6 is 0 Å². The first-order valence-electron chi connectivity index (χ1n) is 6.72. The second-order valence-electron chi connectivity index (χ2n) is 4.59. The standard InChI is InChI=1S/C13H16N4O6/c1-3-23-13(18)6-9(2)8-14-15-11-5-4-10(16(19)20)7-12(11)17(21)22/h4-5,7-9,15H,3,6H2,1-2H3. The molecule has 23 heavy (non-hydrogen) atoms. The Bertz CT molecular complexity index is 631. The lowest BCUT2D eigenvalue weighted by Gasteiger charge is -2.05. The van der Waals surface area contributed by atoms with E-state index in [9.17, 15) is 25.0 Å². The molecule has 0 saturated heterocycles. The van der Waals surface area contributed by atoms with E-state index < -0.39 is 15.5 Å². The molecule has 1 unspecified atom stereocenters. The molecule has 0 radical (unpaired) electrons. The summed E-state index contributed by atoms with van der Waals surface area (Å²) in [7, 11) is 0. The van der Waals surface area contributed by atoms with E-state index in [0.29, 0.717) is 0 Å². The summed E-state index contributed by atoms with van der Waals surface area (Å²) in [6.07, 6.45) is 1.53. The molecular formula is C13H16N4O6. The van der Waals surface area contributed by atoms with Crippen LogP contribution in [0.1, 0.15) is 20.3 Å². The van der Waals surface area contributed by atoms with Crippen molar-refractivity contribution in [2.45, 2.75) is 20.3 Å². The van der Waals surface area contributed by atoms with Crippen molar-refractivity contribution >= 4 is 29.2 Å². The van der Waals surface area contributed by atoms with E-state index in [0.717, 1.165) is 12.1 Å². The highest BCUT2D eigenvalue weighted by Gasteiger charge is 2.19. The number of carbonyl (C=O) groups excluding carboxylic acids is 1. The van der Waals surface area contributed by atoms with E-state index in [-0.39, 0.29) is 36.3 Å². The summed E-state index contributed by atoms with van der Waals surface area (Å²) >= 11 is 0. The van der Waals surface area contributed by atoms with Gasteiger partial charge in [-0.2, -0.15) is 5.10 Å². The first-order chi connectivity index (χ1) is 10.8. The smallest absolute Gasteiger partial charge is 0.306 e. The fourth-order valence-corrected chi connectivity index (χ4v) is 1.65. The Morgan fingerprint density at radius 1 is 1.39 bits per heavy atom. The van der Waals surface area contributed by atoms with Gasteiger partial charge in [0.1, 0.15) is 5.69 Å². The number of nitrogens with zero attached hydrogens (tertiary/aromatic N) is 3. The molecule has 1 atom stereocenters. The maximum Gasteiger partial charge on any atom is 0.306 e. The maximum atomic E-state index is 11.3. The predicted molar refractivity (Wildman–Crippen MR) is 82.3 cm³/mol. The quantitative estimate of drug-likeness (QED) is 0.335. The molecule has 0 aliphatic carbocycles. The number of nitro benzene ring substituents is 2. The summed E-state index contributed by atoms with van der Waals surface area (Å²) < 4.78 is 4.79. The Kier molecular flexibility index (Phi) is 6.59. The van der Waals surface area contributed by atoms with Crippen molar-refractivity contribution in [2.75, 3.05) is 12.0 Å². The van der Waals surface area contributed by atoms with E-state index in [1.54, 1.807) is 13.8 Å². The van der Waals surface area contributed by atoms with Gasteiger partial charge in [-0.25, -0.2) is 0 Å². The van der Waals surface area contributed by atoms with Crippen LogP contribution in [0.25, 0.3) is 0 Å². The zero-order valence-electron chi connectivity index (χ0n) is 12.6. The molecule has 0 aliphatic heterocycles. The minimum absolute atomic E-state index is 0.0141.